The average Bonchev–Trinajstić information content (AvgIpc) is 2.61. The van der Waals surface area contributed by atoms with Crippen molar-refractivity contribution < 1.29 is 4.74 Å². The first-order chi connectivity index (χ1) is 12.1. The van der Waals surface area contributed by atoms with E-state index < -0.39 is 0 Å². The minimum absolute atomic E-state index is 0.0727. The molecule has 3 aromatic rings. The lowest BCUT2D eigenvalue weighted by molar-refractivity contribution is 0.414. The highest BCUT2D eigenvalue weighted by Crippen LogP contribution is 2.28. The minimum Gasteiger partial charge on any atom is -0.497 e. The fraction of sp³-hybridized carbons (Fsp3) is 0.200. The number of hydrogen-bond donors (Lipinski definition) is 1. The molecule has 1 atom stereocenters. The summed E-state index contributed by atoms with van der Waals surface area (Å²) >= 11 is 6.30. The maximum atomic E-state index is 6.30. The van der Waals surface area contributed by atoms with Gasteiger partial charge in [-0.15, -0.1) is 0 Å². The van der Waals surface area contributed by atoms with Crippen LogP contribution in [0.4, 0.5) is 5.82 Å². The maximum Gasteiger partial charge on any atom is 0.130 e. The van der Waals surface area contributed by atoms with Crippen LogP contribution in [0.5, 0.6) is 5.75 Å². The van der Waals surface area contributed by atoms with Crippen LogP contribution in [0.1, 0.15) is 24.4 Å². The first kappa shape index (κ1) is 17.2. The van der Waals surface area contributed by atoms with E-state index >= 15 is 0 Å². The zero-order valence-electron chi connectivity index (χ0n) is 14.5. The molecule has 2 aromatic carbocycles. The van der Waals surface area contributed by atoms with Crippen LogP contribution < -0.4 is 10.1 Å². The van der Waals surface area contributed by atoms with Gasteiger partial charge in [0.2, 0.25) is 0 Å². The second-order valence-electron chi connectivity index (χ2n) is 5.81. The standard InChI is InChI=1S/C20H20ClN3O/c1-13(15-7-6-8-16(11-15)25-3)22-20-12-19(23-14(2)24-20)17-9-4-5-10-18(17)21/h4-13H,1-3H3,(H,22,23,24). The molecule has 1 N–H and O–H groups in total. The molecule has 0 aliphatic carbocycles. The molecule has 25 heavy (non-hydrogen) atoms. The molecule has 1 heterocycles. The lowest BCUT2D eigenvalue weighted by Crippen LogP contribution is -2.09. The molecule has 0 spiro atoms. The fourth-order valence-electron chi connectivity index (χ4n) is 2.66. The summed E-state index contributed by atoms with van der Waals surface area (Å²) < 4.78 is 5.30. The lowest BCUT2D eigenvalue weighted by Gasteiger charge is -2.17. The van der Waals surface area contributed by atoms with Gasteiger partial charge in [0.25, 0.3) is 0 Å². The van der Waals surface area contributed by atoms with Crippen LogP contribution in [0.25, 0.3) is 11.3 Å². The molecule has 0 fully saturated rings. The number of nitrogens with zero attached hydrogens (tertiary/aromatic N) is 2. The quantitative estimate of drug-likeness (QED) is 0.677. The Morgan fingerprint density at radius 1 is 1.04 bits per heavy atom. The summed E-state index contributed by atoms with van der Waals surface area (Å²) in [6.45, 7) is 3.96. The monoisotopic (exact) mass is 353 g/mol. The Labute approximate surface area is 152 Å². The van der Waals surface area contributed by atoms with E-state index in [2.05, 4.69) is 28.3 Å². The molecular weight excluding hydrogens is 334 g/mol. The molecule has 0 radical (unpaired) electrons. The molecule has 5 heteroatoms. The van der Waals surface area contributed by atoms with E-state index in [9.17, 15) is 0 Å². The van der Waals surface area contributed by atoms with Gasteiger partial charge in [0, 0.05) is 16.7 Å². The van der Waals surface area contributed by atoms with Crippen LogP contribution in [-0.2, 0) is 0 Å². The van der Waals surface area contributed by atoms with Gasteiger partial charge in [-0.3, -0.25) is 0 Å². The van der Waals surface area contributed by atoms with E-state index in [0.29, 0.717) is 10.8 Å². The summed E-state index contributed by atoms with van der Waals surface area (Å²) in [6.07, 6.45) is 0. The van der Waals surface area contributed by atoms with Crippen molar-refractivity contribution in [2.24, 2.45) is 0 Å². The number of anilines is 1. The van der Waals surface area contributed by atoms with Crippen molar-refractivity contribution >= 4 is 17.4 Å². The van der Waals surface area contributed by atoms with Crippen LogP contribution >= 0.6 is 11.6 Å². The average molecular weight is 354 g/mol. The van der Waals surface area contributed by atoms with E-state index in [-0.39, 0.29) is 6.04 Å². The van der Waals surface area contributed by atoms with E-state index in [0.717, 1.165) is 28.4 Å². The summed E-state index contributed by atoms with van der Waals surface area (Å²) in [7, 11) is 1.67. The molecule has 1 aromatic heterocycles. The normalized spacial score (nSPS) is 11.8. The highest BCUT2D eigenvalue weighted by atomic mass is 35.5. The number of benzene rings is 2. The second kappa shape index (κ2) is 7.53. The predicted molar refractivity (Wildman–Crippen MR) is 102 cm³/mol. The Morgan fingerprint density at radius 2 is 1.84 bits per heavy atom. The highest BCUT2D eigenvalue weighted by molar-refractivity contribution is 6.33. The van der Waals surface area contributed by atoms with Crippen LogP contribution in [-0.4, -0.2) is 17.1 Å². The van der Waals surface area contributed by atoms with Gasteiger partial charge in [0.05, 0.1) is 18.8 Å². The number of aryl methyl sites for hydroxylation is 1. The Balaban J connectivity index is 1.89. The van der Waals surface area contributed by atoms with Crippen molar-refractivity contribution in [3.05, 3.63) is 71.0 Å². The van der Waals surface area contributed by atoms with Crippen molar-refractivity contribution in [2.45, 2.75) is 19.9 Å². The Morgan fingerprint density at radius 3 is 2.60 bits per heavy atom. The van der Waals surface area contributed by atoms with Gasteiger partial charge in [0.15, 0.2) is 0 Å². The number of ether oxygens (including phenoxy) is 1. The minimum atomic E-state index is 0.0727. The molecule has 4 nitrogen and oxygen atoms in total. The zero-order chi connectivity index (χ0) is 17.8. The van der Waals surface area contributed by atoms with Crippen molar-refractivity contribution in [3.63, 3.8) is 0 Å². The molecule has 0 aliphatic rings. The summed E-state index contributed by atoms with van der Waals surface area (Å²) in [5.74, 6) is 2.29. The number of methoxy groups -OCH3 is 1. The summed E-state index contributed by atoms with van der Waals surface area (Å²) in [6, 6.07) is 17.7. The predicted octanol–water partition coefficient (Wildman–Crippen LogP) is 5.29. The third-order valence-corrected chi connectivity index (χ3v) is 4.28. The van der Waals surface area contributed by atoms with Crippen LogP contribution in [0.15, 0.2) is 54.6 Å². The van der Waals surface area contributed by atoms with Crippen molar-refractivity contribution in [1.82, 2.24) is 9.97 Å². The number of aromatic nitrogens is 2. The van der Waals surface area contributed by atoms with Gasteiger partial charge in [-0.1, -0.05) is 41.9 Å². The molecule has 3 rings (SSSR count). The third-order valence-electron chi connectivity index (χ3n) is 3.95. The van der Waals surface area contributed by atoms with Gasteiger partial charge < -0.3 is 10.1 Å². The molecule has 0 aliphatic heterocycles. The second-order valence-corrected chi connectivity index (χ2v) is 6.22. The van der Waals surface area contributed by atoms with Gasteiger partial charge in [-0.05, 0) is 37.6 Å². The van der Waals surface area contributed by atoms with Gasteiger partial charge in [-0.2, -0.15) is 0 Å². The van der Waals surface area contributed by atoms with Crippen molar-refractivity contribution in [3.8, 4) is 17.0 Å². The Hall–Kier alpha value is -2.59. The van der Waals surface area contributed by atoms with Gasteiger partial charge in [0.1, 0.15) is 17.4 Å². The van der Waals surface area contributed by atoms with Gasteiger partial charge in [-0.25, -0.2) is 9.97 Å². The smallest absolute Gasteiger partial charge is 0.130 e. The molecule has 1 unspecified atom stereocenters. The van der Waals surface area contributed by atoms with E-state index in [4.69, 9.17) is 16.3 Å². The summed E-state index contributed by atoms with van der Waals surface area (Å²) in [4.78, 5) is 9.02. The number of rotatable bonds is 5. The fourth-order valence-corrected chi connectivity index (χ4v) is 2.90. The Bertz CT molecular complexity index is 882. The van der Waals surface area contributed by atoms with Crippen LogP contribution in [0.2, 0.25) is 5.02 Å². The largest absolute Gasteiger partial charge is 0.497 e. The van der Waals surface area contributed by atoms with Crippen molar-refractivity contribution in [1.29, 1.82) is 0 Å². The van der Waals surface area contributed by atoms with E-state index in [1.165, 1.54) is 0 Å². The summed E-state index contributed by atoms with van der Waals surface area (Å²) in [5.41, 5.74) is 2.82. The molecule has 0 saturated carbocycles. The van der Waals surface area contributed by atoms with Crippen molar-refractivity contribution in [2.75, 3.05) is 12.4 Å². The number of hydrogen-bond acceptors (Lipinski definition) is 4. The molecule has 0 bridgehead atoms. The number of nitrogens with one attached hydrogen (secondary N) is 1. The molecule has 128 valence electrons. The maximum absolute atomic E-state index is 6.30. The SMILES string of the molecule is COc1cccc(C(C)Nc2cc(-c3ccccc3Cl)nc(C)n2)c1. The topological polar surface area (TPSA) is 47.0 Å². The summed E-state index contributed by atoms with van der Waals surface area (Å²) in [5, 5.41) is 4.10. The first-order valence-electron chi connectivity index (χ1n) is 8.08. The van der Waals surface area contributed by atoms with Gasteiger partial charge >= 0.3 is 0 Å². The van der Waals surface area contributed by atoms with Crippen LogP contribution in [0, 0.1) is 6.92 Å². The highest BCUT2D eigenvalue weighted by Gasteiger charge is 2.11. The number of halogens is 1. The Kier molecular flexibility index (Phi) is 5.19. The van der Waals surface area contributed by atoms with Crippen LogP contribution in [0.3, 0.4) is 0 Å². The first-order valence-corrected chi connectivity index (χ1v) is 8.45. The van der Waals surface area contributed by atoms with E-state index in [1.807, 2.05) is 55.5 Å². The lowest BCUT2D eigenvalue weighted by atomic mass is 10.1. The molecule has 0 amide bonds. The third kappa shape index (κ3) is 4.09. The zero-order valence-corrected chi connectivity index (χ0v) is 15.2. The molecular formula is C20H20ClN3O. The van der Waals surface area contributed by atoms with E-state index in [1.54, 1.807) is 7.11 Å². The molecule has 0 saturated heterocycles.